The van der Waals surface area contributed by atoms with E-state index in [-0.39, 0.29) is 0 Å². The van der Waals surface area contributed by atoms with Gasteiger partial charge in [-0.05, 0) is 12.1 Å². The largest absolute Gasteiger partial charge is 0.291 e. The van der Waals surface area contributed by atoms with Gasteiger partial charge in [-0.1, -0.05) is 22.2 Å². The molecule has 0 aliphatic rings. The van der Waals surface area contributed by atoms with Crippen molar-refractivity contribution in [3.63, 3.8) is 0 Å². The van der Waals surface area contributed by atoms with Crippen LogP contribution < -0.4 is 0 Å². The lowest BCUT2D eigenvalue weighted by molar-refractivity contribution is 0.256. The summed E-state index contributed by atoms with van der Waals surface area (Å²) in [6.07, 6.45) is 2.22. The molecular formula is C12H12ClN5S. The summed E-state index contributed by atoms with van der Waals surface area (Å²) in [4.78, 5) is 6.38. The zero-order chi connectivity index (χ0) is 13.5. The normalized spacial score (nSPS) is 10.6. The molecule has 0 aliphatic heterocycles. The van der Waals surface area contributed by atoms with Gasteiger partial charge in [-0.15, -0.1) is 5.10 Å². The van der Waals surface area contributed by atoms with Gasteiger partial charge in [-0.3, -0.25) is 9.88 Å². The topological polar surface area (TPSA) is 65.7 Å². The molecule has 19 heavy (non-hydrogen) atoms. The van der Waals surface area contributed by atoms with Gasteiger partial charge in [0.05, 0.1) is 11.8 Å². The number of hydrogen-bond acceptors (Lipinski definition) is 6. The van der Waals surface area contributed by atoms with Crippen molar-refractivity contribution in [2.45, 2.75) is 19.5 Å². The van der Waals surface area contributed by atoms with E-state index >= 15 is 0 Å². The third-order valence-corrected chi connectivity index (χ3v) is 3.52. The molecule has 2 heterocycles. The highest BCUT2D eigenvalue weighted by molar-refractivity contribution is 7.10. The van der Waals surface area contributed by atoms with Crippen LogP contribution in [0, 0.1) is 11.3 Å². The molecule has 0 aromatic carbocycles. The second-order valence-electron chi connectivity index (χ2n) is 3.93. The minimum absolute atomic E-state index is 0.460. The Labute approximate surface area is 120 Å². The average molecular weight is 294 g/mol. The van der Waals surface area contributed by atoms with Crippen molar-refractivity contribution in [2.75, 3.05) is 6.54 Å². The van der Waals surface area contributed by atoms with E-state index in [0.717, 1.165) is 11.4 Å². The summed E-state index contributed by atoms with van der Waals surface area (Å²) >= 11 is 7.18. The number of hydrogen-bond donors (Lipinski definition) is 0. The molecule has 0 bridgehead atoms. The van der Waals surface area contributed by atoms with Gasteiger partial charge in [-0.2, -0.15) is 5.26 Å². The van der Waals surface area contributed by atoms with Crippen LogP contribution in [-0.2, 0) is 13.1 Å². The predicted octanol–water partition coefficient (Wildman–Crippen LogP) is 2.50. The molecule has 2 rings (SSSR count). The molecule has 5 nitrogen and oxygen atoms in total. The van der Waals surface area contributed by atoms with E-state index in [1.807, 2.05) is 18.2 Å². The second kappa shape index (κ2) is 7.14. The first-order valence-electron chi connectivity index (χ1n) is 5.75. The van der Waals surface area contributed by atoms with E-state index in [9.17, 15) is 0 Å². The van der Waals surface area contributed by atoms with Gasteiger partial charge in [0.15, 0.2) is 0 Å². The van der Waals surface area contributed by atoms with E-state index in [1.165, 1.54) is 11.5 Å². The maximum absolute atomic E-state index is 8.72. The maximum Gasteiger partial charge on any atom is 0.138 e. The quantitative estimate of drug-likeness (QED) is 0.819. The zero-order valence-corrected chi connectivity index (χ0v) is 11.7. The monoisotopic (exact) mass is 293 g/mol. The fraction of sp³-hybridized carbons (Fsp3) is 0.333. The first kappa shape index (κ1) is 13.9. The van der Waals surface area contributed by atoms with Crippen molar-refractivity contribution in [2.24, 2.45) is 0 Å². The molecule has 2 aromatic rings. The van der Waals surface area contributed by atoms with Crippen LogP contribution in [0.4, 0.5) is 0 Å². The minimum Gasteiger partial charge on any atom is -0.291 e. The molecule has 2 aromatic heterocycles. The summed E-state index contributed by atoms with van der Waals surface area (Å²) in [6, 6.07) is 7.93. The Hall–Kier alpha value is -1.55. The Bertz CT molecular complexity index is 551. The smallest absolute Gasteiger partial charge is 0.138 e. The standard InChI is InChI=1S/C12H12ClN5S/c13-12-11(16-17-19-12)9-18(7-3-5-14)8-10-4-1-2-6-15-10/h1-2,4,6H,3,7-9H2. The Morgan fingerprint density at radius 3 is 2.89 bits per heavy atom. The lowest BCUT2D eigenvalue weighted by Gasteiger charge is -2.19. The van der Waals surface area contributed by atoms with E-state index < -0.39 is 0 Å². The summed E-state index contributed by atoms with van der Waals surface area (Å²) in [5.74, 6) is 0. The first-order chi connectivity index (χ1) is 9.29. The molecule has 0 N–H and O–H groups in total. The fourth-order valence-electron chi connectivity index (χ4n) is 1.65. The van der Waals surface area contributed by atoms with E-state index in [0.29, 0.717) is 30.4 Å². The molecule has 0 unspecified atom stereocenters. The average Bonchev–Trinajstić information content (AvgIpc) is 2.83. The number of aromatic nitrogens is 3. The fourth-order valence-corrected chi connectivity index (χ4v) is 2.26. The zero-order valence-electron chi connectivity index (χ0n) is 10.2. The summed E-state index contributed by atoms with van der Waals surface area (Å²) in [5.41, 5.74) is 1.71. The highest BCUT2D eigenvalue weighted by atomic mass is 35.5. The van der Waals surface area contributed by atoms with Crippen LogP contribution in [0.1, 0.15) is 17.8 Å². The van der Waals surface area contributed by atoms with Crippen molar-refractivity contribution >= 4 is 23.1 Å². The first-order valence-corrected chi connectivity index (χ1v) is 6.90. The lowest BCUT2D eigenvalue weighted by Crippen LogP contribution is -2.24. The van der Waals surface area contributed by atoms with E-state index in [2.05, 4.69) is 25.5 Å². The van der Waals surface area contributed by atoms with Gasteiger partial charge in [0.1, 0.15) is 10.0 Å². The van der Waals surface area contributed by atoms with Gasteiger partial charge in [0, 0.05) is 43.8 Å². The molecule has 7 heteroatoms. The van der Waals surface area contributed by atoms with E-state index in [4.69, 9.17) is 16.9 Å². The third-order valence-electron chi connectivity index (χ3n) is 2.53. The summed E-state index contributed by atoms with van der Waals surface area (Å²) in [7, 11) is 0. The van der Waals surface area contributed by atoms with Crippen molar-refractivity contribution in [3.05, 3.63) is 40.1 Å². The van der Waals surface area contributed by atoms with Crippen molar-refractivity contribution < 1.29 is 0 Å². The van der Waals surface area contributed by atoms with E-state index in [1.54, 1.807) is 6.20 Å². The third kappa shape index (κ3) is 4.24. The summed E-state index contributed by atoms with van der Waals surface area (Å²) in [6.45, 7) is 1.89. The Balaban J connectivity index is 2.04. The van der Waals surface area contributed by atoms with Gasteiger partial charge >= 0.3 is 0 Å². The van der Waals surface area contributed by atoms with Crippen LogP contribution in [-0.4, -0.2) is 26.0 Å². The van der Waals surface area contributed by atoms with Crippen LogP contribution >= 0.6 is 23.1 Å². The van der Waals surface area contributed by atoms with Gasteiger partial charge in [0.25, 0.3) is 0 Å². The summed E-state index contributed by atoms with van der Waals surface area (Å²) in [5, 5.41) is 12.7. The molecule has 0 fully saturated rings. The number of pyridine rings is 1. The molecule has 0 saturated heterocycles. The van der Waals surface area contributed by atoms with Gasteiger partial charge in [0.2, 0.25) is 0 Å². The minimum atomic E-state index is 0.460. The van der Waals surface area contributed by atoms with Crippen LogP contribution in [0.15, 0.2) is 24.4 Å². The lowest BCUT2D eigenvalue weighted by atomic mass is 10.3. The van der Waals surface area contributed by atoms with Crippen LogP contribution in [0.25, 0.3) is 0 Å². The number of rotatable bonds is 6. The SMILES string of the molecule is N#CCCN(Cc1ccccn1)Cc1nnsc1Cl. The van der Waals surface area contributed by atoms with Gasteiger partial charge in [-0.25, -0.2) is 0 Å². The Morgan fingerprint density at radius 2 is 2.26 bits per heavy atom. The van der Waals surface area contributed by atoms with Crippen LogP contribution in [0.2, 0.25) is 4.34 Å². The highest BCUT2D eigenvalue weighted by Crippen LogP contribution is 2.19. The summed E-state index contributed by atoms with van der Waals surface area (Å²) < 4.78 is 4.41. The number of nitriles is 1. The van der Waals surface area contributed by atoms with Crippen molar-refractivity contribution in [1.82, 2.24) is 19.5 Å². The van der Waals surface area contributed by atoms with Crippen molar-refractivity contribution in [3.8, 4) is 6.07 Å². The molecule has 98 valence electrons. The van der Waals surface area contributed by atoms with Gasteiger partial charge < -0.3 is 0 Å². The molecule has 0 amide bonds. The molecular weight excluding hydrogens is 282 g/mol. The van der Waals surface area contributed by atoms with Crippen LogP contribution in [0.3, 0.4) is 0 Å². The predicted molar refractivity (Wildman–Crippen MR) is 73.5 cm³/mol. The molecule has 0 atom stereocenters. The molecule has 0 spiro atoms. The number of nitrogens with zero attached hydrogens (tertiary/aromatic N) is 5. The Morgan fingerprint density at radius 1 is 1.37 bits per heavy atom. The molecule has 0 radical (unpaired) electrons. The second-order valence-corrected chi connectivity index (χ2v) is 5.29. The maximum atomic E-state index is 8.72. The molecule has 0 saturated carbocycles. The Kier molecular flexibility index (Phi) is 5.21. The van der Waals surface area contributed by atoms with Crippen LogP contribution in [0.5, 0.6) is 0 Å². The highest BCUT2D eigenvalue weighted by Gasteiger charge is 2.12. The van der Waals surface area contributed by atoms with Crippen molar-refractivity contribution in [1.29, 1.82) is 5.26 Å². The molecule has 0 aliphatic carbocycles. The number of halogens is 1.